The third kappa shape index (κ3) is 5.17. The van der Waals surface area contributed by atoms with Crippen molar-refractivity contribution in [3.63, 3.8) is 0 Å². The lowest BCUT2D eigenvalue weighted by molar-refractivity contribution is -0.146. The van der Waals surface area contributed by atoms with Gasteiger partial charge in [0.25, 0.3) is 0 Å². The summed E-state index contributed by atoms with van der Waals surface area (Å²) < 4.78 is 21.5. The van der Waals surface area contributed by atoms with E-state index in [4.69, 9.17) is 4.74 Å². The van der Waals surface area contributed by atoms with Crippen molar-refractivity contribution >= 4 is 34.9 Å². The summed E-state index contributed by atoms with van der Waals surface area (Å²) >= 11 is 0. The molecular weight excluding hydrogens is 463 g/mol. The molecule has 2 aromatic carbocycles. The van der Waals surface area contributed by atoms with Crippen molar-refractivity contribution in [3.05, 3.63) is 76.7 Å². The van der Waals surface area contributed by atoms with Gasteiger partial charge in [0.05, 0.1) is 11.9 Å². The lowest BCUT2D eigenvalue weighted by Gasteiger charge is -2.26. The van der Waals surface area contributed by atoms with Crippen LogP contribution in [-0.4, -0.2) is 38.8 Å². The number of benzene rings is 2. The average molecular weight is 493 g/mol. The number of hydrogen-bond donors (Lipinski definition) is 2. The molecule has 0 fully saturated rings. The predicted molar refractivity (Wildman–Crippen MR) is 134 cm³/mol. The zero-order valence-electron chi connectivity index (χ0n) is 20.7. The molecule has 1 aromatic heterocycles. The second-order valence-corrected chi connectivity index (χ2v) is 10.3. The summed E-state index contributed by atoms with van der Waals surface area (Å²) in [6.45, 7) is 6.72. The fourth-order valence-electron chi connectivity index (χ4n) is 4.56. The van der Waals surface area contributed by atoms with Crippen molar-refractivity contribution in [2.45, 2.75) is 58.1 Å². The number of fused-ring (bicyclic) bond motifs is 5. The number of nitrogens with one attached hydrogen (secondary N) is 1. The molecule has 0 aliphatic carbocycles. The highest BCUT2D eigenvalue weighted by atomic mass is 19.1. The maximum Gasteiger partial charge on any atom is 0.419 e. The number of aromatic nitrogens is 1. The fraction of sp³-hybridized carbons (Fsp3) is 0.321. The van der Waals surface area contributed by atoms with Gasteiger partial charge in [-0.1, -0.05) is 36.4 Å². The molecule has 0 saturated heterocycles. The number of halogens is 1. The van der Waals surface area contributed by atoms with Gasteiger partial charge in [-0.3, -0.25) is 4.79 Å². The van der Waals surface area contributed by atoms with Crippen molar-refractivity contribution in [3.8, 4) is 0 Å². The summed E-state index contributed by atoms with van der Waals surface area (Å²) in [6.07, 6.45) is 2.95. The Kier molecular flexibility index (Phi) is 6.47. The third-order valence-electron chi connectivity index (χ3n) is 6.05. The number of rotatable bonds is 1. The average Bonchev–Trinajstić information content (AvgIpc) is 3.05. The van der Waals surface area contributed by atoms with Crippen LogP contribution in [0.25, 0.3) is 17.0 Å². The number of nitrogens with zero attached hydrogens (tertiary/aromatic N) is 1. The highest BCUT2D eigenvalue weighted by molar-refractivity contribution is 5.97. The number of carboxylic acid groups (broad SMARTS) is 1. The number of allylic oxidation sites excluding steroid dienone is 1. The van der Waals surface area contributed by atoms with E-state index in [1.165, 1.54) is 23.6 Å². The van der Waals surface area contributed by atoms with Crippen LogP contribution in [-0.2, 0) is 33.6 Å². The monoisotopic (exact) mass is 492 g/mol. The number of carbonyl (C=O) groups excluding carboxylic acids is 2. The summed E-state index contributed by atoms with van der Waals surface area (Å²) in [5.41, 5.74) is 0.314. The van der Waals surface area contributed by atoms with Crippen LogP contribution < -0.4 is 5.32 Å². The Labute approximate surface area is 208 Å². The van der Waals surface area contributed by atoms with E-state index in [0.29, 0.717) is 33.3 Å². The lowest BCUT2D eigenvalue weighted by atomic mass is 9.91. The minimum atomic E-state index is -1.66. The summed E-state index contributed by atoms with van der Waals surface area (Å²) in [6, 6.07) is 11.5. The van der Waals surface area contributed by atoms with E-state index in [1.807, 2.05) is 12.1 Å². The van der Waals surface area contributed by atoms with Crippen molar-refractivity contribution in [1.29, 1.82) is 0 Å². The van der Waals surface area contributed by atoms with Crippen molar-refractivity contribution < 1.29 is 28.6 Å². The highest BCUT2D eigenvalue weighted by Crippen LogP contribution is 2.30. The molecule has 0 saturated carbocycles. The summed E-state index contributed by atoms with van der Waals surface area (Å²) in [5, 5.41) is 13.3. The van der Waals surface area contributed by atoms with Crippen molar-refractivity contribution in [2.75, 3.05) is 0 Å². The Morgan fingerprint density at radius 1 is 1.17 bits per heavy atom. The van der Waals surface area contributed by atoms with Gasteiger partial charge >= 0.3 is 12.1 Å². The van der Waals surface area contributed by atoms with E-state index in [9.17, 15) is 23.9 Å². The van der Waals surface area contributed by atoms with Crippen LogP contribution in [0.1, 0.15) is 50.1 Å². The molecule has 1 aliphatic heterocycles. The molecule has 0 unspecified atom stereocenters. The van der Waals surface area contributed by atoms with Crippen LogP contribution in [0, 0.1) is 5.82 Å². The van der Waals surface area contributed by atoms with E-state index in [1.54, 1.807) is 51.1 Å². The Morgan fingerprint density at radius 2 is 1.89 bits per heavy atom. The van der Waals surface area contributed by atoms with Gasteiger partial charge in [-0.2, -0.15) is 0 Å². The van der Waals surface area contributed by atoms with Gasteiger partial charge < -0.3 is 15.2 Å². The first-order valence-corrected chi connectivity index (χ1v) is 11.7. The minimum Gasteiger partial charge on any atom is -0.480 e. The Balaban J connectivity index is 1.92. The van der Waals surface area contributed by atoms with Crippen LogP contribution in [0.3, 0.4) is 0 Å². The van der Waals surface area contributed by atoms with E-state index < -0.39 is 34.9 Å². The molecule has 0 spiro atoms. The number of ether oxygens (including phenoxy) is 1. The lowest BCUT2D eigenvalue weighted by Crippen LogP contribution is -2.54. The molecule has 2 bridgehead atoms. The molecule has 8 heteroatoms. The first-order chi connectivity index (χ1) is 16.9. The zero-order chi connectivity index (χ0) is 26.3. The van der Waals surface area contributed by atoms with Crippen LogP contribution in [0.5, 0.6) is 0 Å². The van der Waals surface area contributed by atoms with Gasteiger partial charge in [-0.05, 0) is 62.6 Å². The maximum atomic E-state index is 14.4. The highest BCUT2D eigenvalue weighted by Gasteiger charge is 2.36. The van der Waals surface area contributed by atoms with Crippen LogP contribution >= 0.6 is 0 Å². The number of hydrogen-bond acceptors (Lipinski definition) is 4. The van der Waals surface area contributed by atoms with Gasteiger partial charge in [0, 0.05) is 23.9 Å². The summed E-state index contributed by atoms with van der Waals surface area (Å²) in [5.74, 6) is -2.26. The van der Waals surface area contributed by atoms with Crippen molar-refractivity contribution in [1.82, 2.24) is 9.88 Å². The number of carboxylic acids is 1. The first-order valence-electron chi connectivity index (χ1n) is 11.7. The van der Waals surface area contributed by atoms with Crippen LogP contribution in [0.2, 0.25) is 0 Å². The number of carbonyl (C=O) groups is 3. The normalized spacial score (nSPS) is 19.3. The summed E-state index contributed by atoms with van der Waals surface area (Å²) in [7, 11) is 0. The second kappa shape index (κ2) is 9.26. The van der Waals surface area contributed by atoms with E-state index in [2.05, 4.69) is 5.32 Å². The molecule has 36 heavy (non-hydrogen) atoms. The zero-order valence-corrected chi connectivity index (χ0v) is 20.7. The molecule has 1 amide bonds. The molecule has 2 heterocycles. The minimum absolute atomic E-state index is 0.0980. The topological polar surface area (TPSA) is 97.6 Å². The summed E-state index contributed by atoms with van der Waals surface area (Å²) in [4.78, 5) is 38.7. The maximum absolute atomic E-state index is 14.4. The smallest absolute Gasteiger partial charge is 0.419 e. The standard InChI is InChI=1S/C28H29FN2O5/c1-27(2,3)36-26(35)31-22-10-6-5-9-20(22)21-15-24(32)30-28(4,25(33)34)16-18-12-17(13-19(29)14-18)8-7-11-23(21)31/h5-10,12-14H,11,15-16H2,1-4H3,(H,30,32)(H,33,34)/b8-7-/t28-/m0/s1. The van der Waals surface area contributed by atoms with Gasteiger partial charge in [0.2, 0.25) is 5.91 Å². The quantitative estimate of drug-likeness (QED) is 0.505. The van der Waals surface area contributed by atoms with Gasteiger partial charge in [-0.25, -0.2) is 18.5 Å². The molecule has 3 aromatic rings. The molecule has 0 radical (unpaired) electrons. The molecular formula is C28H29FN2O5. The van der Waals surface area contributed by atoms with E-state index in [0.717, 1.165) is 0 Å². The molecule has 1 aliphatic rings. The second-order valence-electron chi connectivity index (χ2n) is 10.3. The third-order valence-corrected chi connectivity index (χ3v) is 6.05. The largest absolute Gasteiger partial charge is 0.480 e. The van der Waals surface area contributed by atoms with Gasteiger partial charge in [-0.15, -0.1) is 0 Å². The van der Waals surface area contributed by atoms with Gasteiger partial charge in [0.15, 0.2) is 0 Å². The first kappa shape index (κ1) is 25.2. The molecule has 2 N–H and O–H groups in total. The number of aliphatic carboxylic acids is 1. The van der Waals surface area contributed by atoms with Crippen molar-refractivity contribution in [2.24, 2.45) is 0 Å². The Morgan fingerprint density at radius 3 is 2.58 bits per heavy atom. The fourth-order valence-corrected chi connectivity index (χ4v) is 4.56. The Hall–Kier alpha value is -3.94. The number of para-hydroxylation sites is 1. The predicted octanol–water partition coefficient (Wildman–Crippen LogP) is 4.88. The Bertz CT molecular complexity index is 1400. The van der Waals surface area contributed by atoms with E-state index in [-0.39, 0.29) is 19.3 Å². The number of amides is 1. The molecule has 1 atom stereocenters. The SMILES string of the molecule is CC(C)(C)OC(=O)n1c2c(c3ccccc31)CC(=O)N[C@](C)(C(=O)O)Cc1cc(F)cc(c1)/C=C\C2. The van der Waals surface area contributed by atoms with Crippen LogP contribution in [0.4, 0.5) is 9.18 Å². The molecule has 7 nitrogen and oxygen atoms in total. The van der Waals surface area contributed by atoms with Gasteiger partial charge in [0.1, 0.15) is 17.0 Å². The molecule has 188 valence electrons. The van der Waals surface area contributed by atoms with E-state index >= 15 is 0 Å². The molecule has 4 rings (SSSR count). The van der Waals surface area contributed by atoms with Crippen LogP contribution in [0.15, 0.2) is 48.5 Å².